The average molecular weight is 455 g/mol. The summed E-state index contributed by atoms with van der Waals surface area (Å²) in [7, 11) is 0. The summed E-state index contributed by atoms with van der Waals surface area (Å²) in [5.74, 6) is 0.888. The van der Waals surface area contributed by atoms with Crippen LogP contribution in [0.25, 0.3) is 0 Å². The summed E-state index contributed by atoms with van der Waals surface area (Å²) in [6.45, 7) is 2.67. The van der Waals surface area contributed by atoms with E-state index in [0.717, 1.165) is 14.0 Å². The number of rotatable bonds is 4. The molecular formula is C13H11Br3OS. The highest BCUT2D eigenvalue weighted by Gasteiger charge is 2.15. The highest BCUT2D eigenvalue weighted by atomic mass is 79.9. The Morgan fingerprint density at radius 3 is 2.61 bits per heavy atom. The van der Waals surface area contributed by atoms with Gasteiger partial charge in [0.25, 0.3) is 0 Å². The van der Waals surface area contributed by atoms with Gasteiger partial charge < -0.3 is 4.74 Å². The second-order valence-electron chi connectivity index (χ2n) is 3.66. The summed E-state index contributed by atoms with van der Waals surface area (Å²) in [5.41, 5.74) is 2.44. The van der Waals surface area contributed by atoms with Gasteiger partial charge in [-0.2, -0.15) is 0 Å². The molecule has 18 heavy (non-hydrogen) atoms. The van der Waals surface area contributed by atoms with Crippen LogP contribution in [0, 0.1) is 0 Å². The van der Waals surface area contributed by atoms with E-state index in [9.17, 15) is 0 Å². The van der Waals surface area contributed by atoms with Gasteiger partial charge >= 0.3 is 0 Å². The Labute approximate surface area is 136 Å². The van der Waals surface area contributed by atoms with Crippen molar-refractivity contribution in [2.24, 2.45) is 0 Å². The van der Waals surface area contributed by atoms with E-state index >= 15 is 0 Å². The lowest BCUT2D eigenvalue weighted by molar-refractivity contribution is 0.340. The molecule has 0 aliphatic rings. The first-order valence-corrected chi connectivity index (χ1v) is 8.80. The molecule has 0 fully saturated rings. The lowest BCUT2D eigenvalue weighted by Gasteiger charge is -2.12. The highest BCUT2D eigenvalue weighted by molar-refractivity contribution is 9.11. The molecule has 0 saturated carbocycles. The third-order valence-electron chi connectivity index (χ3n) is 2.44. The van der Waals surface area contributed by atoms with Crippen LogP contribution in [0.2, 0.25) is 0 Å². The van der Waals surface area contributed by atoms with E-state index in [1.165, 1.54) is 11.1 Å². The topological polar surface area (TPSA) is 9.23 Å². The Morgan fingerprint density at radius 2 is 2.06 bits per heavy atom. The number of halogens is 3. The van der Waals surface area contributed by atoms with Gasteiger partial charge in [-0.1, -0.05) is 37.9 Å². The van der Waals surface area contributed by atoms with E-state index in [0.29, 0.717) is 6.61 Å². The third kappa shape index (κ3) is 3.38. The van der Waals surface area contributed by atoms with Crippen LogP contribution < -0.4 is 4.74 Å². The summed E-state index contributed by atoms with van der Waals surface area (Å²) in [6.07, 6.45) is 0. The fourth-order valence-corrected chi connectivity index (χ4v) is 4.54. The average Bonchev–Trinajstić information content (AvgIpc) is 2.76. The second kappa shape index (κ2) is 6.55. The zero-order valence-corrected chi connectivity index (χ0v) is 15.2. The first kappa shape index (κ1) is 14.6. The van der Waals surface area contributed by atoms with E-state index in [2.05, 4.69) is 65.3 Å². The second-order valence-corrected chi connectivity index (χ2v) is 7.72. The van der Waals surface area contributed by atoms with Gasteiger partial charge in [0, 0.05) is 4.47 Å². The Hall–Kier alpha value is 0.160. The standard InChI is InChI=1S/C13H11Br3OS/c1-2-17-9-3-4-10(11(14)6-9)13(16)8-5-12(15)18-7-8/h3-7,13H,2H2,1H3. The normalized spacial score (nSPS) is 12.4. The van der Waals surface area contributed by atoms with Gasteiger partial charge in [-0.05, 0) is 57.6 Å². The Morgan fingerprint density at radius 1 is 1.28 bits per heavy atom. The maximum absolute atomic E-state index is 5.48. The van der Waals surface area contributed by atoms with Crippen molar-refractivity contribution in [1.29, 1.82) is 0 Å². The van der Waals surface area contributed by atoms with Gasteiger partial charge in [-0.3, -0.25) is 0 Å². The van der Waals surface area contributed by atoms with Crippen molar-refractivity contribution < 1.29 is 4.74 Å². The molecule has 2 aromatic rings. The van der Waals surface area contributed by atoms with Crippen LogP contribution in [0.4, 0.5) is 0 Å². The molecule has 1 aromatic heterocycles. The van der Waals surface area contributed by atoms with E-state index in [1.807, 2.05) is 19.1 Å². The van der Waals surface area contributed by atoms with Crippen molar-refractivity contribution in [3.8, 4) is 5.75 Å². The SMILES string of the molecule is CCOc1ccc(C(Br)c2csc(Br)c2)c(Br)c1. The van der Waals surface area contributed by atoms with Crippen molar-refractivity contribution in [1.82, 2.24) is 0 Å². The number of benzene rings is 1. The molecular weight excluding hydrogens is 444 g/mol. The molecule has 0 aliphatic heterocycles. The van der Waals surface area contributed by atoms with Gasteiger partial charge in [-0.25, -0.2) is 0 Å². The molecule has 0 aliphatic carbocycles. The van der Waals surface area contributed by atoms with Crippen LogP contribution in [0.15, 0.2) is 37.9 Å². The molecule has 0 N–H and O–H groups in total. The van der Waals surface area contributed by atoms with E-state index in [4.69, 9.17) is 4.74 Å². The number of alkyl halides is 1. The Balaban J connectivity index is 2.28. The number of thiophene rings is 1. The molecule has 0 spiro atoms. The fraction of sp³-hybridized carbons (Fsp3) is 0.231. The largest absolute Gasteiger partial charge is 0.494 e. The molecule has 1 aromatic carbocycles. The van der Waals surface area contributed by atoms with Crippen LogP contribution in [0.5, 0.6) is 5.75 Å². The molecule has 96 valence electrons. The van der Waals surface area contributed by atoms with Gasteiger partial charge in [-0.15, -0.1) is 11.3 Å². The monoisotopic (exact) mass is 452 g/mol. The predicted octanol–water partition coefficient (Wildman–Crippen LogP) is 6.16. The van der Waals surface area contributed by atoms with Gasteiger partial charge in [0.1, 0.15) is 5.75 Å². The first-order chi connectivity index (χ1) is 8.61. The van der Waals surface area contributed by atoms with Crippen LogP contribution >= 0.6 is 59.1 Å². The quantitative estimate of drug-likeness (QED) is 0.503. The smallest absolute Gasteiger partial charge is 0.120 e. The molecule has 5 heteroatoms. The molecule has 0 saturated heterocycles. The van der Waals surface area contributed by atoms with E-state index in [1.54, 1.807) is 11.3 Å². The van der Waals surface area contributed by atoms with Crippen molar-refractivity contribution >= 4 is 59.1 Å². The molecule has 1 nitrogen and oxygen atoms in total. The van der Waals surface area contributed by atoms with E-state index < -0.39 is 0 Å². The minimum absolute atomic E-state index is 0.185. The zero-order chi connectivity index (χ0) is 13.1. The van der Waals surface area contributed by atoms with Gasteiger partial charge in [0.15, 0.2) is 0 Å². The lowest BCUT2D eigenvalue weighted by atomic mass is 10.1. The van der Waals surface area contributed by atoms with E-state index in [-0.39, 0.29) is 4.83 Å². The van der Waals surface area contributed by atoms with Crippen molar-refractivity contribution in [3.63, 3.8) is 0 Å². The van der Waals surface area contributed by atoms with Crippen molar-refractivity contribution in [2.45, 2.75) is 11.8 Å². The number of ether oxygens (including phenoxy) is 1. The Kier molecular flexibility index (Phi) is 5.30. The van der Waals surface area contributed by atoms with Crippen LogP contribution in [0.1, 0.15) is 22.9 Å². The van der Waals surface area contributed by atoms with Crippen LogP contribution in [-0.2, 0) is 0 Å². The molecule has 1 unspecified atom stereocenters. The fourth-order valence-electron chi connectivity index (χ4n) is 1.61. The van der Waals surface area contributed by atoms with Gasteiger partial charge in [0.2, 0.25) is 0 Å². The van der Waals surface area contributed by atoms with Crippen LogP contribution in [-0.4, -0.2) is 6.61 Å². The molecule has 0 bridgehead atoms. The minimum atomic E-state index is 0.185. The summed E-state index contributed by atoms with van der Waals surface area (Å²) in [4.78, 5) is 0.185. The lowest BCUT2D eigenvalue weighted by Crippen LogP contribution is -1.95. The summed E-state index contributed by atoms with van der Waals surface area (Å²) in [6, 6.07) is 8.22. The maximum Gasteiger partial charge on any atom is 0.120 e. The summed E-state index contributed by atoms with van der Waals surface area (Å²) in [5, 5.41) is 2.15. The third-order valence-corrected chi connectivity index (χ3v) is 5.67. The first-order valence-electron chi connectivity index (χ1n) is 5.42. The summed E-state index contributed by atoms with van der Waals surface area (Å²) < 4.78 is 7.68. The molecule has 0 radical (unpaired) electrons. The molecule has 0 amide bonds. The highest BCUT2D eigenvalue weighted by Crippen LogP contribution is 2.39. The van der Waals surface area contributed by atoms with Crippen molar-refractivity contribution in [3.05, 3.63) is 49.0 Å². The van der Waals surface area contributed by atoms with Crippen LogP contribution in [0.3, 0.4) is 0 Å². The zero-order valence-electron chi connectivity index (χ0n) is 9.62. The summed E-state index contributed by atoms with van der Waals surface area (Å²) >= 11 is 12.5. The Bertz CT molecular complexity index is 539. The molecule has 1 atom stereocenters. The van der Waals surface area contributed by atoms with Gasteiger partial charge in [0.05, 0.1) is 15.2 Å². The number of hydrogen-bond acceptors (Lipinski definition) is 2. The molecule has 1 heterocycles. The minimum Gasteiger partial charge on any atom is -0.494 e. The van der Waals surface area contributed by atoms with Crippen molar-refractivity contribution in [2.75, 3.05) is 6.61 Å². The molecule has 2 rings (SSSR count). The number of hydrogen-bond donors (Lipinski definition) is 0. The maximum atomic E-state index is 5.48. The predicted molar refractivity (Wildman–Crippen MR) is 88.1 cm³/mol.